The van der Waals surface area contributed by atoms with Gasteiger partial charge in [0, 0.05) is 26.2 Å². The van der Waals surface area contributed by atoms with E-state index in [9.17, 15) is 8.42 Å². The Balaban J connectivity index is 1.55. The number of nitrogens with zero attached hydrogens (tertiary/aromatic N) is 2. The van der Waals surface area contributed by atoms with Gasteiger partial charge in [0.15, 0.2) is 0 Å². The molecule has 0 aliphatic carbocycles. The molecule has 0 aromatic heterocycles. The number of benzene rings is 1. The van der Waals surface area contributed by atoms with Crippen molar-refractivity contribution in [3.63, 3.8) is 0 Å². The van der Waals surface area contributed by atoms with Gasteiger partial charge in [0.05, 0.1) is 4.90 Å². The minimum atomic E-state index is -3.32. The van der Waals surface area contributed by atoms with Crippen LogP contribution < -0.4 is 0 Å². The maximum absolute atomic E-state index is 12.8. The molecule has 2 aliphatic heterocycles. The van der Waals surface area contributed by atoms with Crippen molar-refractivity contribution in [2.45, 2.75) is 44.4 Å². The monoisotopic (exact) mass is 350 g/mol. The third-order valence-corrected chi connectivity index (χ3v) is 7.40. The van der Waals surface area contributed by atoms with Crippen molar-refractivity contribution in [2.75, 3.05) is 32.7 Å². The van der Waals surface area contributed by atoms with E-state index >= 15 is 0 Å². The van der Waals surface area contributed by atoms with E-state index in [2.05, 4.69) is 11.8 Å². The highest BCUT2D eigenvalue weighted by Crippen LogP contribution is 2.26. The molecular weight excluding hydrogens is 320 g/mol. The van der Waals surface area contributed by atoms with Crippen LogP contribution in [0.3, 0.4) is 0 Å². The maximum Gasteiger partial charge on any atom is 0.243 e. The molecule has 0 bridgehead atoms. The summed E-state index contributed by atoms with van der Waals surface area (Å²) < 4.78 is 27.2. The summed E-state index contributed by atoms with van der Waals surface area (Å²) in [6.07, 6.45) is 4.62. The Hall–Kier alpha value is -0.910. The molecule has 4 nitrogen and oxygen atoms in total. The highest BCUT2D eigenvalue weighted by molar-refractivity contribution is 7.89. The van der Waals surface area contributed by atoms with Crippen LogP contribution in [0.4, 0.5) is 0 Å². The summed E-state index contributed by atoms with van der Waals surface area (Å²) in [6.45, 7) is 9.19. The number of sulfonamides is 1. The van der Waals surface area contributed by atoms with Gasteiger partial charge >= 0.3 is 0 Å². The van der Waals surface area contributed by atoms with Crippen molar-refractivity contribution in [2.24, 2.45) is 11.8 Å². The summed E-state index contributed by atoms with van der Waals surface area (Å²) in [7, 11) is -3.32. The molecular formula is C19H30N2O2S. The summed E-state index contributed by atoms with van der Waals surface area (Å²) in [5, 5.41) is 0. The summed E-state index contributed by atoms with van der Waals surface area (Å²) >= 11 is 0. The summed E-state index contributed by atoms with van der Waals surface area (Å²) in [5.41, 5.74) is 1.09. The average Bonchev–Trinajstić information content (AvgIpc) is 2.56. The zero-order valence-electron chi connectivity index (χ0n) is 14.9. The number of piperidine rings is 2. The van der Waals surface area contributed by atoms with Gasteiger partial charge in [-0.05, 0) is 63.1 Å². The van der Waals surface area contributed by atoms with Crippen molar-refractivity contribution in [1.82, 2.24) is 9.21 Å². The Morgan fingerprint density at radius 1 is 1.04 bits per heavy atom. The number of likely N-dealkylation sites (tertiary alicyclic amines) is 1. The smallest absolute Gasteiger partial charge is 0.243 e. The third-order valence-electron chi connectivity index (χ3n) is 5.49. The highest BCUT2D eigenvalue weighted by Gasteiger charge is 2.30. The highest BCUT2D eigenvalue weighted by atomic mass is 32.2. The SMILES string of the molecule is Cc1ccc(S(=O)(=O)N2CCC(CN3CCCC(C)C3)CC2)cc1. The van der Waals surface area contributed by atoms with Crippen LogP contribution in [0.25, 0.3) is 0 Å². The predicted octanol–water partition coefficient (Wildman–Crippen LogP) is 3.13. The van der Waals surface area contributed by atoms with E-state index in [0.29, 0.717) is 23.9 Å². The molecule has 2 heterocycles. The van der Waals surface area contributed by atoms with Crippen LogP contribution >= 0.6 is 0 Å². The fourth-order valence-corrected chi connectivity index (χ4v) is 5.48. The van der Waals surface area contributed by atoms with Crippen LogP contribution in [0.15, 0.2) is 29.2 Å². The minimum absolute atomic E-state index is 0.427. The van der Waals surface area contributed by atoms with Gasteiger partial charge in [-0.25, -0.2) is 8.42 Å². The lowest BCUT2D eigenvalue weighted by Gasteiger charge is -2.37. The van der Waals surface area contributed by atoms with E-state index in [1.165, 1.54) is 25.9 Å². The topological polar surface area (TPSA) is 40.6 Å². The summed E-state index contributed by atoms with van der Waals surface area (Å²) in [4.78, 5) is 3.01. The molecule has 5 heteroatoms. The second kappa shape index (κ2) is 7.54. The molecule has 2 fully saturated rings. The molecule has 0 radical (unpaired) electrons. The molecule has 134 valence electrons. The predicted molar refractivity (Wildman–Crippen MR) is 97.5 cm³/mol. The number of rotatable bonds is 4. The first-order chi connectivity index (χ1) is 11.4. The van der Waals surface area contributed by atoms with Gasteiger partial charge in [-0.3, -0.25) is 0 Å². The van der Waals surface area contributed by atoms with Gasteiger partial charge < -0.3 is 4.90 Å². The summed E-state index contributed by atoms with van der Waals surface area (Å²) in [6, 6.07) is 7.20. The standard InChI is InChI=1S/C19H30N2O2S/c1-16-5-7-19(8-6-16)24(22,23)21-12-9-18(10-13-21)15-20-11-3-4-17(2)14-20/h5-8,17-18H,3-4,9-15H2,1-2H3. The maximum atomic E-state index is 12.8. The van der Waals surface area contributed by atoms with Crippen LogP contribution in [-0.2, 0) is 10.0 Å². The van der Waals surface area contributed by atoms with Gasteiger partial charge in [-0.1, -0.05) is 24.6 Å². The molecule has 1 unspecified atom stereocenters. The largest absolute Gasteiger partial charge is 0.303 e. The van der Waals surface area contributed by atoms with Crippen molar-refractivity contribution >= 4 is 10.0 Å². The number of hydrogen-bond acceptors (Lipinski definition) is 3. The van der Waals surface area contributed by atoms with Gasteiger partial charge in [-0.2, -0.15) is 4.31 Å². The van der Waals surface area contributed by atoms with Gasteiger partial charge in [0.25, 0.3) is 0 Å². The zero-order chi connectivity index (χ0) is 17.2. The molecule has 0 spiro atoms. The van der Waals surface area contributed by atoms with Crippen LogP contribution in [0.1, 0.15) is 38.2 Å². The Morgan fingerprint density at radius 2 is 1.71 bits per heavy atom. The van der Waals surface area contributed by atoms with E-state index in [1.807, 2.05) is 19.1 Å². The molecule has 3 rings (SSSR count). The lowest BCUT2D eigenvalue weighted by atomic mass is 9.94. The first-order valence-electron chi connectivity index (χ1n) is 9.24. The minimum Gasteiger partial charge on any atom is -0.303 e. The molecule has 0 amide bonds. The number of hydrogen-bond donors (Lipinski definition) is 0. The van der Waals surface area contributed by atoms with E-state index < -0.39 is 10.0 Å². The second-order valence-corrected chi connectivity index (χ2v) is 9.61. The zero-order valence-corrected chi connectivity index (χ0v) is 15.8. The Kier molecular flexibility index (Phi) is 5.63. The van der Waals surface area contributed by atoms with Crippen LogP contribution in [0, 0.1) is 18.8 Å². The van der Waals surface area contributed by atoms with Crippen molar-refractivity contribution in [1.29, 1.82) is 0 Å². The molecule has 0 N–H and O–H groups in total. The lowest BCUT2D eigenvalue weighted by molar-refractivity contribution is 0.136. The van der Waals surface area contributed by atoms with Crippen LogP contribution in [-0.4, -0.2) is 50.3 Å². The van der Waals surface area contributed by atoms with E-state index in [-0.39, 0.29) is 0 Å². The van der Waals surface area contributed by atoms with Crippen molar-refractivity contribution in [3.05, 3.63) is 29.8 Å². The molecule has 2 aliphatic rings. The quantitative estimate of drug-likeness (QED) is 0.838. The van der Waals surface area contributed by atoms with E-state index in [4.69, 9.17) is 0 Å². The molecule has 1 aromatic rings. The molecule has 1 atom stereocenters. The summed E-state index contributed by atoms with van der Waals surface area (Å²) in [5.74, 6) is 1.44. The second-order valence-electron chi connectivity index (χ2n) is 7.67. The molecule has 0 saturated carbocycles. The Morgan fingerprint density at radius 3 is 2.33 bits per heavy atom. The lowest BCUT2D eigenvalue weighted by Crippen LogP contribution is -2.43. The normalized spacial score (nSPS) is 25.0. The van der Waals surface area contributed by atoms with Gasteiger partial charge in [0.1, 0.15) is 0 Å². The Labute approximate surface area is 146 Å². The average molecular weight is 351 g/mol. The van der Waals surface area contributed by atoms with Crippen LogP contribution in [0.2, 0.25) is 0 Å². The first kappa shape index (κ1) is 17.9. The van der Waals surface area contributed by atoms with E-state index in [1.54, 1.807) is 16.4 Å². The van der Waals surface area contributed by atoms with Crippen molar-refractivity contribution in [3.8, 4) is 0 Å². The van der Waals surface area contributed by atoms with Crippen LogP contribution in [0.5, 0.6) is 0 Å². The van der Waals surface area contributed by atoms with Gasteiger partial charge in [-0.15, -0.1) is 0 Å². The molecule has 2 saturated heterocycles. The molecule has 1 aromatic carbocycles. The fraction of sp³-hybridized carbons (Fsp3) is 0.684. The molecule has 24 heavy (non-hydrogen) atoms. The Bertz CT molecular complexity index is 634. The van der Waals surface area contributed by atoms with Crippen molar-refractivity contribution < 1.29 is 8.42 Å². The van der Waals surface area contributed by atoms with E-state index in [0.717, 1.165) is 30.9 Å². The number of aryl methyl sites for hydroxylation is 1. The third kappa shape index (κ3) is 4.19. The fourth-order valence-electron chi connectivity index (χ4n) is 4.01. The first-order valence-corrected chi connectivity index (χ1v) is 10.7. The van der Waals surface area contributed by atoms with Gasteiger partial charge in [0.2, 0.25) is 10.0 Å².